The van der Waals surface area contributed by atoms with Gasteiger partial charge >= 0.3 is 0 Å². The number of piperidine rings is 1. The van der Waals surface area contributed by atoms with Gasteiger partial charge < -0.3 is 9.64 Å². The summed E-state index contributed by atoms with van der Waals surface area (Å²) >= 11 is 0. The number of rotatable bonds is 1. The molecule has 0 aromatic rings. The number of amides is 1. The number of carbonyl (C=O) groups excluding carboxylic acids is 1. The van der Waals surface area contributed by atoms with Gasteiger partial charge in [-0.05, 0) is 31.1 Å². The highest BCUT2D eigenvalue weighted by atomic mass is 16.5. The standard InChI is InChI=1S/C11H17NO2/c13-11(12-4-2-1-3-5-12)10-8-6-14-7-9(8)10/h8-10H,1-7H2. The van der Waals surface area contributed by atoms with E-state index in [1.165, 1.54) is 19.3 Å². The van der Waals surface area contributed by atoms with Crippen LogP contribution in [-0.4, -0.2) is 37.1 Å². The first-order chi connectivity index (χ1) is 6.88. The van der Waals surface area contributed by atoms with Crippen LogP contribution in [0.2, 0.25) is 0 Å². The minimum atomic E-state index is 0.335. The number of fused-ring (bicyclic) bond motifs is 1. The summed E-state index contributed by atoms with van der Waals surface area (Å²) in [4.78, 5) is 14.1. The number of nitrogens with zero attached hydrogens (tertiary/aromatic N) is 1. The van der Waals surface area contributed by atoms with E-state index in [9.17, 15) is 4.79 Å². The van der Waals surface area contributed by atoms with Gasteiger partial charge in [0.05, 0.1) is 13.2 Å². The third-order valence-electron chi connectivity index (χ3n) is 3.91. The van der Waals surface area contributed by atoms with Gasteiger partial charge in [0.15, 0.2) is 0 Å². The van der Waals surface area contributed by atoms with Crippen molar-refractivity contribution in [3.63, 3.8) is 0 Å². The second-order valence-corrected chi connectivity index (χ2v) is 4.78. The Morgan fingerprint density at radius 2 is 1.71 bits per heavy atom. The predicted molar refractivity (Wildman–Crippen MR) is 51.7 cm³/mol. The van der Waals surface area contributed by atoms with Gasteiger partial charge in [0.2, 0.25) is 5.91 Å². The van der Waals surface area contributed by atoms with Crippen LogP contribution < -0.4 is 0 Å². The van der Waals surface area contributed by atoms with E-state index in [-0.39, 0.29) is 0 Å². The highest BCUT2D eigenvalue weighted by Gasteiger charge is 2.58. The lowest BCUT2D eigenvalue weighted by Crippen LogP contribution is -2.37. The van der Waals surface area contributed by atoms with Gasteiger partial charge in [-0.3, -0.25) is 4.79 Å². The Morgan fingerprint density at radius 3 is 2.36 bits per heavy atom. The van der Waals surface area contributed by atoms with E-state index in [2.05, 4.69) is 4.90 Å². The number of ether oxygens (including phenoxy) is 1. The molecular formula is C11H17NO2. The molecule has 1 amide bonds. The average molecular weight is 195 g/mol. The van der Waals surface area contributed by atoms with Gasteiger partial charge in [-0.15, -0.1) is 0 Å². The molecule has 0 aromatic heterocycles. The number of hydrogen-bond donors (Lipinski definition) is 0. The highest BCUT2D eigenvalue weighted by Crippen LogP contribution is 2.51. The van der Waals surface area contributed by atoms with Gasteiger partial charge in [0, 0.05) is 19.0 Å². The Balaban J connectivity index is 1.60. The number of likely N-dealkylation sites (tertiary alicyclic amines) is 1. The second kappa shape index (κ2) is 3.23. The van der Waals surface area contributed by atoms with Gasteiger partial charge in [0.25, 0.3) is 0 Å². The lowest BCUT2D eigenvalue weighted by Gasteiger charge is -2.27. The molecular weight excluding hydrogens is 178 g/mol. The quantitative estimate of drug-likeness (QED) is 0.622. The van der Waals surface area contributed by atoms with E-state index < -0.39 is 0 Å². The van der Waals surface area contributed by atoms with E-state index in [4.69, 9.17) is 4.74 Å². The third-order valence-corrected chi connectivity index (χ3v) is 3.91. The molecule has 78 valence electrons. The van der Waals surface area contributed by atoms with E-state index in [0.29, 0.717) is 23.7 Å². The number of hydrogen-bond acceptors (Lipinski definition) is 2. The van der Waals surface area contributed by atoms with E-state index >= 15 is 0 Å². The zero-order valence-electron chi connectivity index (χ0n) is 8.45. The summed E-state index contributed by atoms with van der Waals surface area (Å²) in [6.07, 6.45) is 3.69. The first-order valence-corrected chi connectivity index (χ1v) is 5.74. The summed E-state index contributed by atoms with van der Waals surface area (Å²) in [5.41, 5.74) is 0. The summed E-state index contributed by atoms with van der Waals surface area (Å²) < 4.78 is 5.30. The van der Waals surface area contributed by atoms with Crippen LogP contribution >= 0.6 is 0 Å². The molecule has 0 radical (unpaired) electrons. The van der Waals surface area contributed by atoms with E-state index in [0.717, 1.165) is 26.3 Å². The maximum absolute atomic E-state index is 12.0. The predicted octanol–water partition coefficient (Wildman–Crippen LogP) is 0.891. The van der Waals surface area contributed by atoms with Crippen LogP contribution in [-0.2, 0) is 9.53 Å². The molecule has 3 rings (SSSR count). The Labute approximate surface area is 84.4 Å². The summed E-state index contributed by atoms with van der Waals surface area (Å²) in [5.74, 6) is 1.90. The van der Waals surface area contributed by atoms with Crippen molar-refractivity contribution < 1.29 is 9.53 Å². The van der Waals surface area contributed by atoms with Crippen LogP contribution in [0, 0.1) is 17.8 Å². The first kappa shape index (κ1) is 8.72. The number of carbonyl (C=O) groups is 1. The third kappa shape index (κ3) is 1.26. The van der Waals surface area contributed by atoms with Crippen LogP contribution in [0.25, 0.3) is 0 Å². The van der Waals surface area contributed by atoms with Crippen molar-refractivity contribution in [2.24, 2.45) is 17.8 Å². The van der Waals surface area contributed by atoms with Gasteiger partial charge in [-0.2, -0.15) is 0 Å². The van der Waals surface area contributed by atoms with Crippen molar-refractivity contribution in [3.05, 3.63) is 0 Å². The molecule has 2 atom stereocenters. The molecule has 1 aliphatic carbocycles. The minimum Gasteiger partial charge on any atom is -0.381 e. The van der Waals surface area contributed by atoms with Crippen LogP contribution in [0.3, 0.4) is 0 Å². The van der Waals surface area contributed by atoms with Gasteiger partial charge in [-0.25, -0.2) is 0 Å². The Morgan fingerprint density at radius 1 is 1.07 bits per heavy atom. The van der Waals surface area contributed by atoms with Gasteiger partial charge in [-0.1, -0.05) is 0 Å². The van der Waals surface area contributed by atoms with Crippen molar-refractivity contribution in [1.29, 1.82) is 0 Å². The van der Waals surface area contributed by atoms with Crippen LogP contribution in [0.4, 0.5) is 0 Å². The smallest absolute Gasteiger partial charge is 0.226 e. The fourth-order valence-corrected chi connectivity index (χ4v) is 2.93. The monoisotopic (exact) mass is 195 g/mol. The molecule has 0 N–H and O–H groups in total. The summed E-state index contributed by atoms with van der Waals surface area (Å²) in [6, 6.07) is 0. The maximum Gasteiger partial charge on any atom is 0.226 e. The topological polar surface area (TPSA) is 29.5 Å². The molecule has 2 saturated heterocycles. The molecule has 0 aromatic carbocycles. The van der Waals surface area contributed by atoms with E-state index in [1.807, 2.05) is 0 Å². The lowest BCUT2D eigenvalue weighted by molar-refractivity contribution is -0.134. The van der Waals surface area contributed by atoms with Crippen molar-refractivity contribution in [1.82, 2.24) is 4.90 Å². The molecule has 3 nitrogen and oxygen atoms in total. The molecule has 0 bridgehead atoms. The van der Waals surface area contributed by atoms with Gasteiger partial charge in [0.1, 0.15) is 0 Å². The summed E-state index contributed by atoms with van der Waals surface area (Å²) in [6.45, 7) is 3.65. The van der Waals surface area contributed by atoms with Crippen molar-refractivity contribution in [2.75, 3.05) is 26.3 Å². The molecule has 2 unspecified atom stereocenters. The van der Waals surface area contributed by atoms with Crippen molar-refractivity contribution >= 4 is 5.91 Å². The zero-order chi connectivity index (χ0) is 9.54. The highest BCUT2D eigenvalue weighted by molar-refractivity contribution is 5.82. The largest absolute Gasteiger partial charge is 0.381 e. The first-order valence-electron chi connectivity index (χ1n) is 5.74. The molecule has 14 heavy (non-hydrogen) atoms. The minimum absolute atomic E-state index is 0.335. The fourth-order valence-electron chi connectivity index (χ4n) is 2.93. The Kier molecular flexibility index (Phi) is 2.01. The lowest BCUT2D eigenvalue weighted by atomic mass is 10.1. The normalized spacial score (nSPS) is 40.9. The Bertz CT molecular complexity index is 234. The summed E-state index contributed by atoms with van der Waals surface area (Å²) in [7, 11) is 0. The van der Waals surface area contributed by atoms with Crippen molar-refractivity contribution in [3.8, 4) is 0 Å². The van der Waals surface area contributed by atoms with Crippen molar-refractivity contribution in [2.45, 2.75) is 19.3 Å². The molecule has 3 heteroatoms. The molecule has 0 spiro atoms. The van der Waals surface area contributed by atoms with Crippen LogP contribution in [0.5, 0.6) is 0 Å². The molecule has 2 aliphatic heterocycles. The molecule has 2 heterocycles. The second-order valence-electron chi connectivity index (χ2n) is 4.78. The summed E-state index contributed by atoms with van der Waals surface area (Å²) in [5, 5.41) is 0. The van der Waals surface area contributed by atoms with Crippen LogP contribution in [0.15, 0.2) is 0 Å². The maximum atomic E-state index is 12.0. The molecule has 3 fully saturated rings. The fraction of sp³-hybridized carbons (Fsp3) is 0.909. The zero-order valence-corrected chi connectivity index (χ0v) is 8.45. The molecule has 1 saturated carbocycles. The average Bonchev–Trinajstić information content (AvgIpc) is 2.72. The molecule has 3 aliphatic rings. The van der Waals surface area contributed by atoms with E-state index in [1.54, 1.807) is 0 Å². The SMILES string of the molecule is O=C(C1C2COCC21)N1CCCCC1. The van der Waals surface area contributed by atoms with Crippen LogP contribution in [0.1, 0.15) is 19.3 Å². The Hall–Kier alpha value is -0.570.